The number of hydrogen-bond acceptors (Lipinski definition) is 10. The summed E-state index contributed by atoms with van der Waals surface area (Å²) in [6, 6.07) is 0. The van der Waals surface area contributed by atoms with Gasteiger partial charge in [0.1, 0.15) is 0 Å². The van der Waals surface area contributed by atoms with E-state index in [2.05, 4.69) is 16.9 Å². The van der Waals surface area contributed by atoms with Crippen LogP contribution in [0.25, 0.3) is 0 Å². The van der Waals surface area contributed by atoms with Gasteiger partial charge in [-0.25, -0.2) is 4.98 Å². The van der Waals surface area contributed by atoms with Crippen molar-refractivity contribution in [2.75, 3.05) is 45.2 Å². The minimum absolute atomic E-state index is 0.0591. The number of aromatic nitrogens is 1. The normalized spacial score (nSPS) is 25.8. The van der Waals surface area contributed by atoms with Gasteiger partial charge in [0.05, 0.1) is 17.0 Å². The number of likely N-dealkylation sites (tertiary alicyclic amines) is 2. The predicted octanol–water partition coefficient (Wildman–Crippen LogP) is 2.86. The molecule has 0 radical (unpaired) electrons. The molecule has 0 amide bonds. The smallest absolute Gasteiger partial charge is 0.215 e. The Morgan fingerprint density at radius 1 is 1.45 bits per heavy atom. The molecule has 33 heavy (non-hydrogen) atoms. The quantitative estimate of drug-likeness (QED) is 0.212. The van der Waals surface area contributed by atoms with Crippen molar-refractivity contribution in [3.63, 3.8) is 0 Å². The van der Waals surface area contributed by atoms with Gasteiger partial charge in [-0.1, -0.05) is 35.6 Å². The molecule has 2 aliphatic heterocycles. The molecule has 184 valence electrons. The molecule has 0 bridgehead atoms. The number of rotatable bonds is 10. The summed E-state index contributed by atoms with van der Waals surface area (Å²) in [4.78, 5) is 8.21. The molecule has 2 fully saturated rings. The lowest BCUT2D eigenvalue weighted by Gasteiger charge is -2.29. The van der Waals surface area contributed by atoms with Gasteiger partial charge in [0, 0.05) is 48.5 Å². The van der Waals surface area contributed by atoms with Gasteiger partial charge >= 0.3 is 0 Å². The van der Waals surface area contributed by atoms with E-state index in [-0.39, 0.29) is 16.8 Å². The van der Waals surface area contributed by atoms with Crippen molar-refractivity contribution < 1.29 is 20.1 Å². The van der Waals surface area contributed by atoms with Crippen LogP contribution in [0.15, 0.2) is 45.8 Å². The lowest BCUT2D eigenvalue weighted by molar-refractivity contribution is -0.171. The number of anilines is 1. The summed E-state index contributed by atoms with van der Waals surface area (Å²) in [7, 11) is 1.48. The molecule has 3 unspecified atom stereocenters. The molecular weight excluding hydrogens is 484 g/mol. The molecule has 2 aliphatic rings. The van der Waals surface area contributed by atoms with Crippen molar-refractivity contribution in [3.8, 4) is 0 Å². The summed E-state index contributed by atoms with van der Waals surface area (Å²) < 4.78 is 5.76. The van der Waals surface area contributed by atoms with E-state index in [1.54, 1.807) is 30.1 Å². The van der Waals surface area contributed by atoms with Gasteiger partial charge in [-0.3, -0.25) is 9.80 Å². The number of nitrogens with zero attached hydrogens (tertiary/aromatic N) is 3. The van der Waals surface area contributed by atoms with E-state index in [9.17, 15) is 15.3 Å². The maximum Gasteiger partial charge on any atom is 0.215 e. The Kier molecular flexibility index (Phi) is 9.04. The van der Waals surface area contributed by atoms with Crippen LogP contribution in [-0.4, -0.2) is 87.5 Å². The fourth-order valence-corrected chi connectivity index (χ4v) is 6.73. The molecule has 8 nitrogen and oxygen atoms in total. The van der Waals surface area contributed by atoms with Crippen LogP contribution in [0.2, 0.25) is 0 Å². The monoisotopic (exact) mass is 516 g/mol. The fraction of sp³-hybridized carbons (Fsp3) is 0.591. The van der Waals surface area contributed by atoms with Crippen LogP contribution < -0.4 is 5.32 Å². The van der Waals surface area contributed by atoms with E-state index < -0.39 is 12.8 Å². The molecule has 1 spiro atoms. The molecule has 0 saturated carbocycles. The van der Waals surface area contributed by atoms with Crippen LogP contribution in [0.1, 0.15) is 20.3 Å². The topological polar surface area (TPSA) is 101 Å². The molecule has 1 aromatic rings. The number of allylic oxidation sites excluding steroid dienone is 4. The number of thiazole rings is 1. The van der Waals surface area contributed by atoms with Crippen LogP contribution in [0.3, 0.4) is 0 Å². The third kappa shape index (κ3) is 6.59. The van der Waals surface area contributed by atoms with E-state index in [1.807, 2.05) is 29.7 Å². The van der Waals surface area contributed by atoms with E-state index in [1.165, 1.54) is 18.4 Å². The van der Waals surface area contributed by atoms with Gasteiger partial charge in [-0.2, -0.15) is 0 Å². The highest BCUT2D eigenvalue weighted by atomic mass is 35.5. The summed E-state index contributed by atoms with van der Waals surface area (Å²) in [6.45, 7) is 10.1. The second-order valence-electron chi connectivity index (χ2n) is 8.95. The number of aliphatic hydroxyl groups is 3. The first-order chi connectivity index (χ1) is 15.6. The summed E-state index contributed by atoms with van der Waals surface area (Å²) in [5, 5.41) is 34.9. The fourth-order valence-electron chi connectivity index (χ4n) is 4.14. The lowest BCUT2D eigenvalue weighted by Crippen LogP contribution is -2.42. The molecule has 2 saturated heterocycles. The Bertz CT molecular complexity index is 894. The summed E-state index contributed by atoms with van der Waals surface area (Å²) in [5.41, 5.74) is 0.837. The molecule has 3 heterocycles. The first kappa shape index (κ1) is 26.7. The lowest BCUT2D eigenvalue weighted by atomic mass is 9.81. The van der Waals surface area contributed by atoms with Gasteiger partial charge in [0.15, 0.2) is 11.5 Å². The van der Waals surface area contributed by atoms with Crippen molar-refractivity contribution in [2.45, 2.75) is 42.0 Å². The zero-order valence-corrected chi connectivity index (χ0v) is 21.6. The number of aliphatic hydroxyl groups excluding tert-OH is 3. The van der Waals surface area contributed by atoms with Gasteiger partial charge in [0.25, 0.3) is 0 Å². The number of halogens is 1. The zero-order chi connectivity index (χ0) is 24.2. The van der Waals surface area contributed by atoms with Crippen molar-refractivity contribution >= 4 is 39.8 Å². The summed E-state index contributed by atoms with van der Waals surface area (Å²) in [6.07, 6.45) is 5.98. The maximum atomic E-state index is 11.0. The van der Waals surface area contributed by atoms with E-state index in [4.69, 9.17) is 16.3 Å². The second-order valence-corrected chi connectivity index (χ2v) is 12.4. The first-order valence-corrected chi connectivity index (χ1v) is 12.7. The van der Waals surface area contributed by atoms with Crippen LogP contribution >= 0.6 is 34.7 Å². The van der Waals surface area contributed by atoms with Crippen LogP contribution in [0.4, 0.5) is 5.13 Å². The maximum absolute atomic E-state index is 11.0. The highest BCUT2D eigenvalue weighted by molar-refractivity contribution is 8.02. The largest absolute Gasteiger partial charge is 0.395 e. The molecule has 0 aliphatic carbocycles. The van der Waals surface area contributed by atoms with Gasteiger partial charge in [0.2, 0.25) is 6.41 Å². The van der Waals surface area contributed by atoms with Crippen molar-refractivity contribution in [3.05, 3.63) is 41.6 Å². The third-order valence-electron chi connectivity index (χ3n) is 5.90. The molecule has 1 aromatic heterocycles. The van der Waals surface area contributed by atoms with Crippen molar-refractivity contribution in [1.29, 1.82) is 0 Å². The molecule has 11 heteroatoms. The molecule has 3 atom stereocenters. The van der Waals surface area contributed by atoms with E-state index >= 15 is 0 Å². The summed E-state index contributed by atoms with van der Waals surface area (Å²) in [5.74, 6) is 0. The second kappa shape index (κ2) is 11.2. The molecule has 0 aromatic carbocycles. The molecule has 3 rings (SSSR count). The van der Waals surface area contributed by atoms with E-state index in [0.29, 0.717) is 36.3 Å². The van der Waals surface area contributed by atoms with Gasteiger partial charge < -0.3 is 25.4 Å². The molecule has 4 N–H and O–H groups in total. The number of hydrogen-bond donors (Lipinski definition) is 4. The number of methoxy groups -OCH3 is 1. The average Bonchev–Trinajstić information content (AvgIpc) is 3.48. The highest BCUT2D eigenvalue weighted by Gasteiger charge is 2.49. The first-order valence-electron chi connectivity index (χ1n) is 10.7. The van der Waals surface area contributed by atoms with Gasteiger partial charge in [-0.05, 0) is 38.0 Å². The molecular formula is C22H33ClN4O4S2. The Labute approximate surface area is 208 Å². The Balaban J connectivity index is 1.74. The minimum atomic E-state index is -0.962. The standard InChI is InChI=1S/C22H33ClN4O4S2/c1-5-6-16(23)9-15-11-27(13-22(15)7-8-26(12-22)20(30)31-4)19(29)25-18-24-10-17(32-18)33-21(2,3)14-28/h5-6,9-10,19-20,28-30H,1,7-8,11-14H2,2-4H3,(H,24,25)/b15-9+,16-6+. The number of nitrogens with one attached hydrogen (secondary N) is 1. The van der Waals surface area contributed by atoms with E-state index in [0.717, 1.165) is 16.2 Å². The highest BCUT2D eigenvalue weighted by Crippen LogP contribution is 2.45. The Morgan fingerprint density at radius 3 is 2.85 bits per heavy atom. The van der Waals surface area contributed by atoms with Crippen molar-refractivity contribution in [1.82, 2.24) is 14.8 Å². The van der Waals surface area contributed by atoms with Crippen LogP contribution in [0, 0.1) is 5.41 Å². The number of thioether (sulfide) groups is 1. The summed E-state index contributed by atoms with van der Waals surface area (Å²) >= 11 is 9.36. The average molecular weight is 517 g/mol. The van der Waals surface area contributed by atoms with Crippen LogP contribution in [0.5, 0.6) is 0 Å². The predicted molar refractivity (Wildman–Crippen MR) is 134 cm³/mol. The Hall–Kier alpha value is -0.950. The SMILES string of the molecule is C=C/C=C(Cl)\C=C1/CN(C(O)Nc2ncc(SC(C)(C)CO)s2)CC12CCN(C(O)OC)C2. The number of ether oxygens (including phenoxy) is 1. The Morgan fingerprint density at radius 2 is 2.18 bits per heavy atom. The third-order valence-corrected chi connectivity index (χ3v) is 8.34. The van der Waals surface area contributed by atoms with Crippen molar-refractivity contribution in [2.24, 2.45) is 5.41 Å². The minimum Gasteiger partial charge on any atom is -0.395 e. The zero-order valence-electron chi connectivity index (χ0n) is 19.2. The van der Waals surface area contributed by atoms with Gasteiger partial charge in [-0.15, -0.1) is 11.8 Å². The van der Waals surface area contributed by atoms with Crippen LogP contribution in [-0.2, 0) is 4.74 Å².